The minimum absolute atomic E-state index is 0.271. The van der Waals surface area contributed by atoms with Crippen molar-refractivity contribution in [2.75, 3.05) is 23.7 Å². The lowest BCUT2D eigenvalue weighted by Gasteiger charge is -2.25. The van der Waals surface area contributed by atoms with E-state index < -0.39 is 5.91 Å². The summed E-state index contributed by atoms with van der Waals surface area (Å²) in [6, 6.07) is 3.28. The third-order valence-corrected chi connectivity index (χ3v) is 3.80. The number of pyridine rings is 1. The second kappa shape index (κ2) is 5.07. The molecule has 0 bridgehead atoms. The van der Waals surface area contributed by atoms with Crippen LogP contribution in [0.4, 0.5) is 11.5 Å². The zero-order valence-electron chi connectivity index (χ0n) is 11.6. The number of nitrogen functional groups attached to an aromatic ring is 1. The second-order valence-electron chi connectivity index (χ2n) is 5.98. The van der Waals surface area contributed by atoms with Crippen molar-refractivity contribution in [1.82, 2.24) is 4.98 Å². The number of nitrogens with zero attached hydrogens (tertiary/aromatic N) is 2. The Morgan fingerprint density at radius 1 is 1.32 bits per heavy atom. The van der Waals surface area contributed by atoms with Crippen molar-refractivity contribution in [2.24, 2.45) is 11.1 Å². The van der Waals surface area contributed by atoms with E-state index in [0.29, 0.717) is 16.9 Å². The molecule has 1 amide bonds. The van der Waals surface area contributed by atoms with Crippen molar-refractivity contribution in [2.45, 2.75) is 33.1 Å². The molecule has 104 valence electrons. The first-order valence-corrected chi connectivity index (χ1v) is 6.70. The highest BCUT2D eigenvalue weighted by Gasteiger charge is 2.24. The van der Waals surface area contributed by atoms with Crippen LogP contribution in [0, 0.1) is 5.41 Å². The predicted molar refractivity (Wildman–Crippen MR) is 77.0 cm³/mol. The molecule has 1 aliphatic heterocycles. The summed E-state index contributed by atoms with van der Waals surface area (Å²) in [6.45, 7) is 6.40. The number of anilines is 2. The van der Waals surface area contributed by atoms with Gasteiger partial charge in [0.15, 0.2) is 5.82 Å². The third-order valence-electron chi connectivity index (χ3n) is 3.80. The molecule has 0 aromatic carbocycles. The molecule has 0 atom stereocenters. The molecule has 1 aromatic heterocycles. The Morgan fingerprint density at radius 2 is 2.05 bits per heavy atom. The molecular weight excluding hydrogens is 240 g/mol. The monoisotopic (exact) mass is 262 g/mol. The lowest BCUT2D eigenvalue weighted by Crippen LogP contribution is -2.28. The van der Waals surface area contributed by atoms with E-state index in [9.17, 15) is 4.79 Å². The van der Waals surface area contributed by atoms with E-state index in [-0.39, 0.29) is 5.69 Å². The summed E-state index contributed by atoms with van der Waals surface area (Å²) >= 11 is 0. The number of hydrogen-bond donors (Lipinski definition) is 2. The SMILES string of the molecule is CC1(C)CCCN(c2nc(C(N)=O)ccc2N)CC1. The summed E-state index contributed by atoms with van der Waals surface area (Å²) in [4.78, 5) is 17.7. The summed E-state index contributed by atoms with van der Waals surface area (Å²) in [5, 5.41) is 0. The topological polar surface area (TPSA) is 85.2 Å². The van der Waals surface area contributed by atoms with E-state index in [2.05, 4.69) is 23.7 Å². The largest absolute Gasteiger partial charge is 0.396 e. The van der Waals surface area contributed by atoms with E-state index in [1.54, 1.807) is 12.1 Å². The Kier molecular flexibility index (Phi) is 3.64. The van der Waals surface area contributed by atoms with E-state index in [1.807, 2.05) is 0 Å². The summed E-state index contributed by atoms with van der Waals surface area (Å²) < 4.78 is 0. The average molecular weight is 262 g/mol. The lowest BCUT2D eigenvalue weighted by molar-refractivity contribution is 0.0995. The van der Waals surface area contributed by atoms with E-state index >= 15 is 0 Å². The van der Waals surface area contributed by atoms with Crippen LogP contribution in [0.1, 0.15) is 43.6 Å². The van der Waals surface area contributed by atoms with Gasteiger partial charge in [0.05, 0.1) is 5.69 Å². The molecule has 0 radical (unpaired) electrons. The Hall–Kier alpha value is -1.78. The van der Waals surface area contributed by atoms with Crippen molar-refractivity contribution in [1.29, 1.82) is 0 Å². The fraction of sp³-hybridized carbons (Fsp3) is 0.571. The third kappa shape index (κ3) is 3.16. The number of primary amides is 1. The highest BCUT2D eigenvalue weighted by Crippen LogP contribution is 2.32. The normalized spacial score (nSPS) is 18.9. The van der Waals surface area contributed by atoms with Gasteiger partial charge in [-0.25, -0.2) is 4.98 Å². The van der Waals surface area contributed by atoms with Crippen molar-refractivity contribution >= 4 is 17.4 Å². The summed E-state index contributed by atoms with van der Waals surface area (Å²) in [6.07, 6.45) is 3.39. The van der Waals surface area contributed by atoms with E-state index in [0.717, 1.165) is 25.9 Å². The van der Waals surface area contributed by atoms with Crippen LogP contribution < -0.4 is 16.4 Å². The van der Waals surface area contributed by atoms with Gasteiger partial charge in [-0.05, 0) is 36.8 Å². The highest BCUT2D eigenvalue weighted by molar-refractivity contribution is 5.91. The smallest absolute Gasteiger partial charge is 0.267 e. The number of carbonyl (C=O) groups is 1. The predicted octanol–water partition coefficient (Wildman–Crippen LogP) is 1.78. The van der Waals surface area contributed by atoms with Crippen LogP contribution in [0.3, 0.4) is 0 Å². The molecule has 0 saturated carbocycles. The molecule has 0 spiro atoms. The first-order valence-electron chi connectivity index (χ1n) is 6.70. The van der Waals surface area contributed by atoms with Crippen LogP contribution in [0.15, 0.2) is 12.1 Å². The van der Waals surface area contributed by atoms with Gasteiger partial charge in [-0.1, -0.05) is 13.8 Å². The summed E-state index contributed by atoms with van der Waals surface area (Å²) in [5.74, 6) is 0.172. The zero-order valence-corrected chi connectivity index (χ0v) is 11.6. The summed E-state index contributed by atoms with van der Waals surface area (Å²) in [5.41, 5.74) is 12.5. The molecular formula is C14H22N4O. The number of carbonyl (C=O) groups excluding carboxylic acids is 1. The van der Waals surface area contributed by atoms with Crippen molar-refractivity contribution < 1.29 is 4.79 Å². The number of nitrogens with two attached hydrogens (primary N) is 2. The molecule has 0 unspecified atom stereocenters. The van der Waals surface area contributed by atoms with Gasteiger partial charge in [0.1, 0.15) is 5.69 Å². The van der Waals surface area contributed by atoms with Crippen LogP contribution >= 0.6 is 0 Å². The van der Waals surface area contributed by atoms with Crippen molar-refractivity contribution in [3.63, 3.8) is 0 Å². The Bertz CT molecular complexity index is 484. The van der Waals surface area contributed by atoms with Crippen molar-refractivity contribution in [3.8, 4) is 0 Å². The van der Waals surface area contributed by atoms with Crippen LogP contribution in [0.25, 0.3) is 0 Å². The van der Waals surface area contributed by atoms with E-state index in [4.69, 9.17) is 11.5 Å². The molecule has 5 nitrogen and oxygen atoms in total. The van der Waals surface area contributed by atoms with Gasteiger partial charge in [0.2, 0.25) is 0 Å². The molecule has 1 aliphatic rings. The maximum absolute atomic E-state index is 11.2. The number of hydrogen-bond acceptors (Lipinski definition) is 4. The molecule has 0 aliphatic carbocycles. The quantitative estimate of drug-likeness (QED) is 0.850. The van der Waals surface area contributed by atoms with Gasteiger partial charge in [0, 0.05) is 13.1 Å². The van der Waals surface area contributed by atoms with Gasteiger partial charge < -0.3 is 16.4 Å². The van der Waals surface area contributed by atoms with Crippen LogP contribution in [0.2, 0.25) is 0 Å². The van der Waals surface area contributed by atoms with Gasteiger partial charge in [-0.15, -0.1) is 0 Å². The maximum Gasteiger partial charge on any atom is 0.267 e. The number of aromatic nitrogens is 1. The molecule has 1 fully saturated rings. The number of rotatable bonds is 2. The van der Waals surface area contributed by atoms with Gasteiger partial charge in [-0.3, -0.25) is 4.79 Å². The maximum atomic E-state index is 11.2. The molecule has 1 aromatic rings. The van der Waals surface area contributed by atoms with Crippen LogP contribution in [0.5, 0.6) is 0 Å². The molecule has 2 rings (SSSR count). The number of amides is 1. The standard InChI is InChI=1S/C14H22N4O/c1-14(2)6-3-8-18(9-7-14)13-10(15)4-5-11(17-13)12(16)19/h4-5H,3,6-9,15H2,1-2H3,(H2,16,19). The molecule has 5 heteroatoms. The van der Waals surface area contributed by atoms with Crippen LogP contribution in [-0.4, -0.2) is 24.0 Å². The summed E-state index contributed by atoms with van der Waals surface area (Å²) in [7, 11) is 0. The average Bonchev–Trinajstić information content (AvgIpc) is 2.51. The van der Waals surface area contributed by atoms with Gasteiger partial charge in [-0.2, -0.15) is 0 Å². The van der Waals surface area contributed by atoms with Gasteiger partial charge >= 0.3 is 0 Å². The first kappa shape index (κ1) is 13.6. The van der Waals surface area contributed by atoms with Crippen LogP contribution in [-0.2, 0) is 0 Å². The van der Waals surface area contributed by atoms with E-state index in [1.165, 1.54) is 6.42 Å². The Labute approximate surface area is 114 Å². The Morgan fingerprint density at radius 3 is 2.74 bits per heavy atom. The first-order chi connectivity index (χ1) is 8.89. The second-order valence-corrected chi connectivity index (χ2v) is 5.98. The van der Waals surface area contributed by atoms with Crippen molar-refractivity contribution in [3.05, 3.63) is 17.8 Å². The Balaban J connectivity index is 2.25. The molecule has 2 heterocycles. The minimum Gasteiger partial charge on any atom is -0.396 e. The molecule has 19 heavy (non-hydrogen) atoms. The lowest BCUT2D eigenvalue weighted by atomic mass is 9.85. The fourth-order valence-electron chi connectivity index (χ4n) is 2.48. The highest BCUT2D eigenvalue weighted by atomic mass is 16.1. The van der Waals surface area contributed by atoms with Gasteiger partial charge in [0.25, 0.3) is 5.91 Å². The fourth-order valence-corrected chi connectivity index (χ4v) is 2.48. The molecule has 4 N–H and O–H groups in total. The minimum atomic E-state index is -0.517. The zero-order chi connectivity index (χ0) is 14.0. The molecule has 1 saturated heterocycles.